The number of nitrogen functional groups attached to an aromatic ring is 1. The highest BCUT2D eigenvalue weighted by Gasteiger charge is 2.12. The van der Waals surface area contributed by atoms with E-state index in [1.54, 1.807) is 0 Å². The standard InChI is InChI=1S/C13H12BrN3O2/c1-7-9(14)3-2-4-10(7)17-11-6-16-12(15)5-8(11)13(18)19/h2-6,17H,1H3,(H2,15,16)(H,18,19). The number of hydrogen-bond acceptors (Lipinski definition) is 4. The zero-order valence-electron chi connectivity index (χ0n) is 10.1. The van der Waals surface area contributed by atoms with E-state index in [1.807, 2.05) is 25.1 Å². The predicted octanol–water partition coefficient (Wildman–Crippen LogP) is 3.18. The molecule has 0 saturated heterocycles. The summed E-state index contributed by atoms with van der Waals surface area (Å²) in [6, 6.07) is 6.98. The van der Waals surface area contributed by atoms with E-state index < -0.39 is 5.97 Å². The van der Waals surface area contributed by atoms with Gasteiger partial charge in [-0.25, -0.2) is 9.78 Å². The van der Waals surface area contributed by atoms with Gasteiger partial charge in [-0.3, -0.25) is 0 Å². The van der Waals surface area contributed by atoms with E-state index in [1.165, 1.54) is 12.3 Å². The number of aromatic nitrogens is 1. The zero-order chi connectivity index (χ0) is 14.0. The molecule has 4 N–H and O–H groups in total. The van der Waals surface area contributed by atoms with Gasteiger partial charge in [-0.15, -0.1) is 0 Å². The number of nitrogens with zero attached hydrogens (tertiary/aromatic N) is 1. The van der Waals surface area contributed by atoms with Crippen LogP contribution in [0.2, 0.25) is 0 Å². The van der Waals surface area contributed by atoms with Crippen LogP contribution in [0, 0.1) is 6.92 Å². The van der Waals surface area contributed by atoms with Gasteiger partial charge in [0.2, 0.25) is 0 Å². The molecule has 0 unspecified atom stereocenters. The number of nitrogens with one attached hydrogen (secondary N) is 1. The zero-order valence-corrected chi connectivity index (χ0v) is 11.7. The van der Waals surface area contributed by atoms with Crippen LogP contribution in [0.5, 0.6) is 0 Å². The maximum Gasteiger partial charge on any atom is 0.338 e. The topological polar surface area (TPSA) is 88.2 Å². The second-order valence-electron chi connectivity index (χ2n) is 4.00. The van der Waals surface area contributed by atoms with Crippen molar-refractivity contribution in [3.63, 3.8) is 0 Å². The molecular weight excluding hydrogens is 310 g/mol. The molecule has 2 aromatic rings. The predicted molar refractivity (Wildman–Crippen MR) is 77.8 cm³/mol. The summed E-state index contributed by atoms with van der Waals surface area (Å²) in [5.74, 6) is -0.877. The van der Waals surface area contributed by atoms with E-state index in [2.05, 4.69) is 26.2 Å². The fraction of sp³-hybridized carbons (Fsp3) is 0.0769. The highest BCUT2D eigenvalue weighted by molar-refractivity contribution is 9.10. The first-order chi connectivity index (χ1) is 8.99. The van der Waals surface area contributed by atoms with Crippen molar-refractivity contribution in [2.24, 2.45) is 0 Å². The second kappa shape index (κ2) is 5.27. The third-order valence-corrected chi connectivity index (χ3v) is 3.55. The summed E-state index contributed by atoms with van der Waals surface area (Å²) in [6.07, 6.45) is 1.42. The normalized spacial score (nSPS) is 10.2. The van der Waals surface area contributed by atoms with Gasteiger partial charge in [0.15, 0.2) is 0 Å². The minimum Gasteiger partial charge on any atom is -0.478 e. The van der Waals surface area contributed by atoms with Crippen molar-refractivity contribution in [1.29, 1.82) is 0 Å². The van der Waals surface area contributed by atoms with E-state index in [9.17, 15) is 4.79 Å². The minimum atomic E-state index is -1.05. The van der Waals surface area contributed by atoms with Gasteiger partial charge in [-0.05, 0) is 30.7 Å². The van der Waals surface area contributed by atoms with Gasteiger partial charge >= 0.3 is 5.97 Å². The number of halogens is 1. The van der Waals surface area contributed by atoms with Gasteiger partial charge in [-0.2, -0.15) is 0 Å². The van der Waals surface area contributed by atoms with E-state index >= 15 is 0 Å². The Balaban J connectivity index is 2.44. The Morgan fingerprint density at radius 1 is 1.42 bits per heavy atom. The Morgan fingerprint density at radius 3 is 2.84 bits per heavy atom. The van der Waals surface area contributed by atoms with Crippen molar-refractivity contribution in [3.8, 4) is 0 Å². The Labute approximate surface area is 118 Å². The number of carbonyl (C=O) groups is 1. The monoisotopic (exact) mass is 321 g/mol. The molecule has 0 saturated carbocycles. The van der Waals surface area contributed by atoms with Gasteiger partial charge in [-0.1, -0.05) is 22.0 Å². The summed E-state index contributed by atoms with van der Waals surface area (Å²) in [5, 5.41) is 12.2. The third-order valence-electron chi connectivity index (χ3n) is 2.69. The molecule has 0 aliphatic heterocycles. The molecule has 1 heterocycles. The van der Waals surface area contributed by atoms with Crippen LogP contribution in [0.1, 0.15) is 15.9 Å². The molecule has 0 radical (unpaired) electrons. The summed E-state index contributed by atoms with van der Waals surface area (Å²) < 4.78 is 0.942. The van der Waals surface area contributed by atoms with Crippen LogP contribution in [0.3, 0.4) is 0 Å². The Hall–Kier alpha value is -2.08. The number of benzene rings is 1. The number of nitrogens with two attached hydrogens (primary N) is 1. The first-order valence-electron chi connectivity index (χ1n) is 5.50. The van der Waals surface area contributed by atoms with E-state index in [0.717, 1.165) is 15.7 Å². The van der Waals surface area contributed by atoms with Gasteiger partial charge < -0.3 is 16.2 Å². The summed E-state index contributed by atoms with van der Waals surface area (Å²) in [5.41, 5.74) is 7.79. The van der Waals surface area contributed by atoms with Gasteiger partial charge in [0, 0.05) is 10.2 Å². The number of pyridine rings is 1. The van der Waals surface area contributed by atoms with E-state index in [0.29, 0.717) is 5.69 Å². The van der Waals surface area contributed by atoms with Gasteiger partial charge in [0.25, 0.3) is 0 Å². The smallest absolute Gasteiger partial charge is 0.338 e. The molecule has 0 spiro atoms. The molecule has 1 aromatic heterocycles. The minimum absolute atomic E-state index is 0.0897. The number of anilines is 3. The molecule has 0 fully saturated rings. The Morgan fingerprint density at radius 2 is 2.16 bits per heavy atom. The molecule has 1 aromatic carbocycles. The number of rotatable bonds is 3. The van der Waals surface area contributed by atoms with Crippen LogP contribution in [0.25, 0.3) is 0 Å². The number of carboxylic acid groups (broad SMARTS) is 1. The highest BCUT2D eigenvalue weighted by atomic mass is 79.9. The molecule has 0 aliphatic carbocycles. The fourth-order valence-corrected chi connectivity index (χ4v) is 2.00. The van der Waals surface area contributed by atoms with Crippen molar-refractivity contribution in [1.82, 2.24) is 4.98 Å². The molecule has 0 amide bonds. The second-order valence-corrected chi connectivity index (χ2v) is 4.85. The lowest BCUT2D eigenvalue weighted by molar-refractivity contribution is 0.0698. The molecule has 98 valence electrons. The Bertz CT molecular complexity index is 644. The van der Waals surface area contributed by atoms with E-state index in [4.69, 9.17) is 10.8 Å². The molecule has 0 atom stereocenters. The Kier molecular flexibility index (Phi) is 3.71. The highest BCUT2D eigenvalue weighted by Crippen LogP contribution is 2.28. The third kappa shape index (κ3) is 2.85. The average molecular weight is 322 g/mol. The van der Waals surface area contributed by atoms with Crippen molar-refractivity contribution in [3.05, 3.63) is 46.1 Å². The summed E-state index contributed by atoms with van der Waals surface area (Å²) in [7, 11) is 0. The van der Waals surface area contributed by atoms with Crippen molar-refractivity contribution in [2.45, 2.75) is 6.92 Å². The molecule has 6 heteroatoms. The molecule has 19 heavy (non-hydrogen) atoms. The lowest BCUT2D eigenvalue weighted by Gasteiger charge is -2.12. The largest absolute Gasteiger partial charge is 0.478 e. The quantitative estimate of drug-likeness (QED) is 0.808. The average Bonchev–Trinajstić information content (AvgIpc) is 2.36. The number of aromatic carboxylic acids is 1. The van der Waals surface area contributed by atoms with Crippen LogP contribution in [0.4, 0.5) is 17.2 Å². The summed E-state index contributed by atoms with van der Waals surface area (Å²) in [6.45, 7) is 1.93. The van der Waals surface area contributed by atoms with Crippen LogP contribution >= 0.6 is 15.9 Å². The van der Waals surface area contributed by atoms with Crippen molar-refractivity contribution < 1.29 is 9.90 Å². The number of carboxylic acids is 1. The van der Waals surface area contributed by atoms with Crippen LogP contribution < -0.4 is 11.1 Å². The first kappa shape index (κ1) is 13.4. The van der Waals surface area contributed by atoms with Crippen molar-refractivity contribution in [2.75, 3.05) is 11.1 Å². The molecule has 5 nitrogen and oxygen atoms in total. The van der Waals surface area contributed by atoms with E-state index in [-0.39, 0.29) is 11.4 Å². The summed E-state index contributed by atoms with van der Waals surface area (Å²) in [4.78, 5) is 15.1. The molecule has 0 aliphatic rings. The molecular formula is C13H12BrN3O2. The molecule has 0 bridgehead atoms. The SMILES string of the molecule is Cc1c(Br)cccc1Nc1cnc(N)cc1C(=O)O. The van der Waals surface area contributed by atoms with Crippen molar-refractivity contribution >= 4 is 39.1 Å². The first-order valence-corrected chi connectivity index (χ1v) is 6.29. The maximum atomic E-state index is 11.2. The lowest BCUT2D eigenvalue weighted by atomic mass is 10.1. The maximum absolute atomic E-state index is 11.2. The summed E-state index contributed by atoms with van der Waals surface area (Å²) >= 11 is 3.43. The number of hydrogen-bond donors (Lipinski definition) is 3. The van der Waals surface area contributed by atoms with Gasteiger partial charge in [0.1, 0.15) is 5.82 Å². The molecule has 2 rings (SSSR count). The van der Waals surface area contributed by atoms with Crippen LogP contribution in [0.15, 0.2) is 34.9 Å². The fourth-order valence-electron chi connectivity index (χ4n) is 1.64. The van der Waals surface area contributed by atoms with Crippen LogP contribution in [-0.4, -0.2) is 16.1 Å². The lowest BCUT2D eigenvalue weighted by Crippen LogP contribution is -2.06. The van der Waals surface area contributed by atoms with Crippen LogP contribution in [-0.2, 0) is 0 Å². The van der Waals surface area contributed by atoms with Gasteiger partial charge in [0.05, 0.1) is 17.4 Å².